The smallest absolute Gasteiger partial charge is 0.124 e. The molecule has 90 valence electrons. The fourth-order valence-corrected chi connectivity index (χ4v) is 1.90. The van der Waals surface area contributed by atoms with E-state index >= 15 is 0 Å². The van der Waals surface area contributed by atoms with E-state index in [1.54, 1.807) is 7.11 Å². The van der Waals surface area contributed by atoms with Gasteiger partial charge in [0.15, 0.2) is 0 Å². The lowest BCUT2D eigenvalue weighted by atomic mass is 10.2. The van der Waals surface area contributed by atoms with E-state index in [1.165, 1.54) is 0 Å². The van der Waals surface area contributed by atoms with Crippen LogP contribution in [0, 0.1) is 0 Å². The highest BCUT2D eigenvalue weighted by Gasteiger charge is 2.07. The molecule has 0 bridgehead atoms. The van der Waals surface area contributed by atoms with Crippen LogP contribution in [0.4, 0.5) is 0 Å². The molecule has 0 saturated carbocycles. The Labute approximate surface area is 107 Å². The summed E-state index contributed by atoms with van der Waals surface area (Å²) in [6.07, 6.45) is 2.11. The summed E-state index contributed by atoms with van der Waals surface area (Å²) in [7, 11) is 1.67. The Bertz CT molecular complexity index is 333. The van der Waals surface area contributed by atoms with Crippen molar-refractivity contribution < 1.29 is 4.74 Å². The maximum Gasteiger partial charge on any atom is 0.124 e. The highest BCUT2D eigenvalue weighted by molar-refractivity contribution is 7.99. The number of halogens is 1. The van der Waals surface area contributed by atoms with Gasteiger partial charge in [0.1, 0.15) is 5.75 Å². The van der Waals surface area contributed by atoms with Crippen LogP contribution in [0.15, 0.2) is 18.2 Å². The predicted molar refractivity (Wildman–Crippen MR) is 72.7 cm³/mol. The van der Waals surface area contributed by atoms with Crippen LogP contribution in [0.1, 0.15) is 12.5 Å². The van der Waals surface area contributed by atoms with Crippen molar-refractivity contribution in [1.82, 2.24) is 5.32 Å². The van der Waals surface area contributed by atoms with Crippen molar-refractivity contribution in [3.05, 3.63) is 28.8 Å². The summed E-state index contributed by atoms with van der Waals surface area (Å²) in [5, 5.41) is 4.74. The highest BCUT2D eigenvalue weighted by atomic mass is 35.5. The molecule has 2 nitrogen and oxygen atoms in total. The number of methoxy groups -OCH3 is 1. The summed E-state index contributed by atoms with van der Waals surface area (Å²) < 4.78 is 5.28. The van der Waals surface area contributed by atoms with Gasteiger partial charge in [-0.1, -0.05) is 24.6 Å². The van der Waals surface area contributed by atoms with Crippen molar-refractivity contribution >= 4 is 23.4 Å². The Morgan fingerprint density at radius 1 is 1.50 bits per heavy atom. The first kappa shape index (κ1) is 13.7. The molecule has 0 radical (unpaired) electrons. The predicted octanol–water partition coefficient (Wildman–Crippen LogP) is 3.19. The highest BCUT2D eigenvalue weighted by Crippen LogP contribution is 2.25. The molecule has 1 aromatic rings. The van der Waals surface area contributed by atoms with Gasteiger partial charge in [-0.2, -0.15) is 11.8 Å². The number of rotatable bonds is 6. The van der Waals surface area contributed by atoms with Gasteiger partial charge < -0.3 is 10.1 Å². The van der Waals surface area contributed by atoms with Crippen LogP contribution in [-0.4, -0.2) is 25.2 Å². The summed E-state index contributed by atoms with van der Waals surface area (Å²) in [5.74, 6) is 0.844. The molecule has 1 rings (SSSR count). The molecular formula is C12H18ClNOS. The lowest BCUT2D eigenvalue weighted by Gasteiger charge is -2.13. The molecule has 1 aromatic carbocycles. The van der Waals surface area contributed by atoms with E-state index in [-0.39, 0.29) is 0 Å². The number of hydrogen-bond donors (Lipinski definition) is 1. The average Bonchev–Trinajstić information content (AvgIpc) is 2.30. The fourth-order valence-electron chi connectivity index (χ4n) is 1.39. The van der Waals surface area contributed by atoms with E-state index in [1.807, 2.05) is 30.0 Å². The minimum absolute atomic E-state index is 0.605. The zero-order valence-corrected chi connectivity index (χ0v) is 11.5. The first-order valence-electron chi connectivity index (χ1n) is 5.24. The molecule has 0 fully saturated rings. The van der Waals surface area contributed by atoms with E-state index in [2.05, 4.69) is 18.5 Å². The SMILES string of the molecule is COc1cccc(Cl)c1CNCC(C)SC. The molecule has 1 N–H and O–H groups in total. The molecule has 4 heteroatoms. The zero-order valence-electron chi connectivity index (χ0n) is 9.92. The summed E-state index contributed by atoms with van der Waals surface area (Å²) in [6.45, 7) is 3.91. The maximum absolute atomic E-state index is 6.13. The van der Waals surface area contributed by atoms with Gasteiger partial charge >= 0.3 is 0 Å². The second kappa shape index (κ2) is 7.05. The zero-order chi connectivity index (χ0) is 12.0. The Morgan fingerprint density at radius 2 is 2.25 bits per heavy atom. The van der Waals surface area contributed by atoms with Gasteiger partial charge in [0.05, 0.1) is 7.11 Å². The van der Waals surface area contributed by atoms with Gasteiger partial charge in [0.25, 0.3) is 0 Å². The van der Waals surface area contributed by atoms with Gasteiger partial charge in [0.2, 0.25) is 0 Å². The van der Waals surface area contributed by atoms with E-state index in [4.69, 9.17) is 16.3 Å². The average molecular weight is 260 g/mol. The van der Waals surface area contributed by atoms with E-state index < -0.39 is 0 Å². The Kier molecular flexibility index (Phi) is 6.03. The van der Waals surface area contributed by atoms with Crippen LogP contribution >= 0.6 is 23.4 Å². The van der Waals surface area contributed by atoms with Crippen molar-refractivity contribution in [2.75, 3.05) is 19.9 Å². The molecule has 0 aliphatic carbocycles. The third-order valence-corrected chi connectivity index (χ3v) is 3.76. The van der Waals surface area contributed by atoms with E-state index in [0.29, 0.717) is 5.25 Å². The van der Waals surface area contributed by atoms with Crippen molar-refractivity contribution in [1.29, 1.82) is 0 Å². The van der Waals surface area contributed by atoms with E-state index in [0.717, 1.165) is 29.4 Å². The van der Waals surface area contributed by atoms with Gasteiger partial charge in [-0.25, -0.2) is 0 Å². The van der Waals surface area contributed by atoms with Crippen molar-refractivity contribution in [3.8, 4) is 5.75 Å². The summed E-state index contributed by atoms with van der Waals surface area (Å²) in [4.78, 5) is 0. The first-order valence-corrected chi connectivity index (χ1v) is 6.90. The minimum Gasteiger partial charge on any atom is -0.496 e. The second-order valence-corrected chi connectivity index (χ2v) is 5.28. The summed E-state index contributed by atoms with van der Waals surface area (Å²) in [5.41, 5.74) is 1.03. The number of hydrogen-bond acceptors (Lipinski definition) is 3. The van der Waals surface area contributed by atoms with Gasteiger partial charge in [-0.3, -0.25) is 0 Å². The molecule has 0 amide bonds. The lowest BCUT2D eigenvalue weighted by Crippen LogP contribution is -2.22. The monoisotopic (exact) mass is 259 g/mol. The molecule has 1 atom stereocenters. The van der Waals surface area contributed by atoms with Crippen LogP contribution in [0.5, 0.6) is 5.75 Å². The van der Waals surface area contributed by atoms with Crippen LogP contribution in [0.3, 0.4) is 0 Å². The number of thioether (sulfide) groups is 1. The summed E-state index contributed by atoms with van der Waals surface area (Å²) >= 11 is 7.98. The fraction of sp³-hybridized carbons (Fsp3) is 0.500. The molecule has 1 unspecified atom stereocenters. The topological polar surface area (TPSA) is 21.3 Å². The third-order valence-electron chi connectivity index (χ3n) is 2.43. The molecular weight excluding hydrogens is 242 g/mol. The van der Waals surface area contributed by atoms with Crippen molar-refractivity contribution in [2.45, 2.75) is 18.7 Å². The van der Waals surface area contributed by atoms with E-state index in [9.17, 15) is 0 Å². The number of nitrogens with one attached hydrogen (secondary N) is 1. The largest absolute Gasteiger partial charge is 0.496 e. The molecule has 16 heavy (non-hydrogen) atoms. The Hall–Kier alpha value is -0.380. The molecule has 0 aromatic heterocycles. The van der Waals surface area contributed by atoms with Crippen LogP contribution < -0.4 is 10.1 Å². The second-order valence-electron chi connectivity index (χ2n) is 3.60. The standard InChI is InChI=1S/C12H18ClNOS/c1-9(16-3)7-14-8-10-11(13)5-4-6-12(10)15-2/h4-6,9,14H,7-8H2,1-3H3. The van der Waals surface area contributed by atoms with Gasteiger partial charge in [0, 0.05) is 28.9 Å². The van der Waals surface area contributed by atoms with Gasteiger partial charge in [-0.05, 0) is 18.4 Å². The number of benzene rings is 1. The molecule has 0 aliphatic heterocycles. The maximum atomic E-state index is 6.13. The number of ether oxygens (including phenoxy) is 1. The lowest BCUT2D eigenvalue weighted by molar-refractivity contribution is 0.408. The molecule has 0 spiro atoms. The molecule has 0 heterocycles. The Balaban J connectivity index is 2.59. The summed E-state index contributed by atoms with van der Waals surface area (Å²) in [6, 6.07) is 5.72. The van der Waals surface area contributed by atoms with Crippen LogP contribution in [-0.2, 0) is 6.54 Å². The Morgan fingerprint density at radius 3 is 2.88 bits per heavy atom. The van der Waals surface area contributed by atoms with Crippen molar-refractivity contribution in [2.24, 2.45) is 0 Å². The van der Waals surface area contributed by atoms with Crippen LogP contribution in [0.2, 0.25) is 5.02 Å². The quantitative estimate of drug-likeness (QED) is 0.848. The minimum atomic E-state index is 0.605. The third kappa shape index (κ3) is 3.89. The van der Waals surface area contributed by atoms with Crippen LogP contribution in [0.25, 0.3) is 0 Å². The molecule has 0 aliphatic rings. The van der Waals surface area contributed by atoms with Gasteiger partial charge in [-0.15, -0.1) is 0 Å². The molecule has 0 saturated heterocycles. The van der Waals surface area contributed by atoms with Crippen molar-refractivity contribution in [3.63, 3.8) is 0 Å². The first-order chi connectivity index (χ1) is 7.69. The normalized spacial score (nSPS) is 12.5.